The van der Waals surface area contributed by atoms with E-state index < -0.39 is 9.20 Å². The molecule has 0 aliphatic heterocycles. The van der Waals surface area contributed by atoms with Crippen molar-refractivity contribution in [3.05, 3.63) is 4.85 Å². The molecule has 0 radical (unpaired) electrons. The first kappa shape index (κ1) is 15.6. The van der Waals surface area contributed by atoms with Gasteiger partial charge in [0.25, 0.3) is 11.6 Å². The van der Waals surface area contributed by atoms with E-state index in [0.29, 0.717) is 0 Å². The molecule has 0 aromatic rings. The van der Waals surface area contributed by atoms with Crippen LogP contribution < -0.4 is 0 Å². The van der Waals surface area contributed by atoms with Crippen molar-refractivity contribution in [2.75, 3.05) is 0 Å². The first-order chi connectivity index (χ1) is 5.06. The van der Waals surface area contributed by atoms with E-state index in [4.69, 9.17) is 40.4 Å². The van der Waals surface area contributed by atoms with Gasteiger partial charge in [0.2, 0.25) is 0 Å². The molecule has 0 N–H and O–H groups in total. The molecule has 0 spiro atoms. The van der Waals surface area contributed by atoms with Crippen LogP contribution in [0.25, 0.3) is 4.85 Å². The van der Waals surface area contributed by atoms with E-state index in [0.717, 1.165) is 0 Å². The Balaban J connectivity index is 0. The predicted octanol–water partition coefficient (Wildman–Crippen LogP) is 4.89. The first-order valence-corrected chi connectivity index (χ1v) is 9.06. The summed E-state index contributed by atoms with van der Waals surface area (Å²) in [6, 6.07) is 2.73. The average molecular weight is 296 g/mol. The van der Waals surface area contributed by atoms with E-state index in [1.165, 1.54) is 0 Å². The Morgan fingerprint density at radius 2 is 1.33 bits per heavy atom. The second-order valence-electron chi connectivity index (χ2n) is 2.81. The Labute approximate surface area is 93.3 Å². The van der Waals surface area contributed by atoms with Gasteiger partial charge in [-0.2, -0.15) is 0 Å². The average Bonchev–Trinajstić information content (AvgIpc) is 1.54. The summed E-state index contributed by atoms with van der Waals surface area (Å²) in [6.45, 7) is 7.95. The summed E-state index contributed by atoms with van der Waals surface area (Å²) in [5.74, 6) is 0. The van der Waals surface area contributed by atoms with Gasteiger partial charge < -0.3 is 0 Å². The summed E-state index contributed by atoms with van der Waals surface area (Å²) in [4.78, 5) is 4.01. The number of rotatable bonds is 0. The third kappa shape index (κ3) is 43.2. The van der Waals surface area contributed by atoms with Crippen molar-refractivity contribution in [2.45, 2.75) is 33.2 Å². The maximum atomic E-state index is 4.95. The van der Waals surface area contributed by atoms with E-state index >= 15 is 0 Å². The van der Waals surface area contributed by atoms with Crippen molar-refractivity contribution in [2.24, 2.45) is 0 Å². The molecular formula is C6H12Cl4FeN. The SMILES string of the molecule is CC#[N+]C(C)(C)C.[Cl][Fe-]([Cl])([Cl])[Cl]. The van der Waals surface area contributed by atoms with Crippen LogP contribution in [0, 0.1) is 6.07 Å². The minimum atomic E-state index is -2.61. The molecule has 0 fully saturated rings. The number of hydrogen-bond acceptors (Lipinski definition) is 0. The van der Waals surface area contributed by atoms with E-state index in [1.807, 2.05) is 27.7 Å². The molecule has 0 heterocycles. The van der Waals surface area contributed by atoms with Crippen LogP contribution in [0.4, 0.5) is 0 Å². The van der Waals surface area contributed by atoms with Crippen LogP contribution in [0.2, 0.25) is 0 Å². The van der Waals surface area contributed by atoms with Crippen molar-refractivity contribution in [1.82, 2.24) is 0 Å². The molecule has 12 heavy (non-hydrogen) atoms. The van der Waals surface area contributed by atoms with Gasteiger partial charge in [0.05, 0.1) is 6.92 Å². The molecular weight excluding hydrogens is 284 g/mol. The third-order valence-electron chi connectivity index (χ3n) is 0.447. The van der Waals surface area contributed by atoms with Gasteiger partial charge in [0.1, 0.15) is 0 Å². The second kappa shape index (κ2) is 6.60. The zero-order valence-electron chi connectivity index (χ0n) is 7.31. The van der Waals surface area contributed by atoms with Crippen LogP contribution in [-0.2, 0) is 9.20 Å². The summed E-state index contributed by atoms with van der Waals surface area (Å²) in [7, 11) is 17.2. The normalized spacial score (nSPS) is 12.0. The summed E-state index contributed by atoms with van der Waals surface area (Å²) in [5.41, 5.74) is 0.0642. The number of nitrogens with zero attached hydrogens (tertiary/aromatic N) is 1. The Kier molecular flexibility index (Phi) is 8.60. The van der Waals surface area contributed by atoms with Crippen LogP contribution in [0.15, 0.2) is 0 Å². The zero-order valence-corrected chi connectivity index (χ0v) is 11.4. The Morgan fingerprint density at radius 1 is 1.08 bits per heavy atom. The van der Waals surface area contributed by atoms with Gasteiger partial charge in [-0.25, -0.2) is 0 Å². The fourth-order valence-corrected chi connectivity index (χ4v) is 0.335. The Morgan fingerprint density at radius 3 is 1.33 bits per heavy atom. The third-order valence-corrected chi connectivity index (χ3v) is 0.447. The molecule has 0 saturated heterocycles. The summed E-state index contributed by atoms with van der Waals surface area (Å²) in [6.07, 6.45) is 0. The maximum absolute atomic E-state index is 4.95. The molecule has 77 valence electrons. The minimum absolute atomic E-state index is 0.0642. The summed E-state index contributed by atoms with van der Waals surface area (Å²) >= 11 is 0. The molecule has 0 bridgehead atoms. The Hall–Kier alpha value is 1.17. The van der Waals surface area contributed by atoms with Crippen molar-refractivity contribution in [3.63, 3.8) is 0 Å². The van der Waals surface area contributed by atoms with E-state index in [1.54, 1.807) is 0 Å². The Bertz CT molecular complexity index is 165. The molecule has 0 atom stereocenters. The van der Waals surface area contributed by atoms with Gasteiger partial charge in [0.15, 0.2) is 0 Å². The fourth-order valence-electron chi connectivity index (χ4n) is 0.335. The summed E-state index contributed by atoms with van der Waals surface area (Å²) in [5, 5.41) is 0. The zero-order chi connectivity index (χ0) is 10.4. The van der Waals surface area contributed by atoms with Crippen molar-refractivity contribution in [1.29, 1.82) is 0 Å². The van der Waals surface area contributed by atoms with Crippen molar-refractivity contribution >= 4 is 40.4 Å². The van der Waals surface area contributed by atoms with Crippen molar-refractivity contribution in [3.8, 4) is 6.07 Å². The second-order valence-corrected chi connectivity index (χ2v) is 13.8. The predicted molar refractivity (Wildman–Crippen MR) is 56.1 cm³/mol. The molecule has 0 aliphatic rings. The van der Waals surface area contributed by atoms with Gasteiger partial charge >= 0.3 is 49.6 Å². The van der Waals surface area contributed by atoms with Gasteiger partial charge in [0, 0.05) is 20.8 Å². The molecule has 0 aromatic heterocycles. The quantitative estimate of drug-likeness (QED) is 0.560. The van der Waals surface area contributed by atoms with Crippen molar-refractivity contribution < 1.29 is 9.20 Å². The molecule has 0 rings (SSSR count). The van der Waals surface area contributed by atoms with Gasteiger partial charge in [-0.05, 0) is 0 Å². The number of hydrogen-bond donors (Lipinski definition) is 0. The van der Waals surface area contributed by atoms with Crippen LogP contribution in [0.3, 0.4) is 0 Å². The fraction of sp³-hybridized carbons (Fsp3) is 0.833. The molecule has 0 saturated carbocycles. The van der Waals surface area contributed by atoms with E-state index in [9.17, 15) is 0 Å². The molecule has 0 aromatic carbocycles. The van der Waals surface area contributed by atoms with Gasteiger partial charge in [-0.3, -0.25) is 0 Å². The molecule has 0 unspecified atom stereocenters. The van der Waals surface area contributed by atoms with Crippen LogP contribution >= 0.6 is 40.4 Å². The van der Waals surface area contributed by atoms with Crippen LogP contribution in [0.5, 0.6) is 0 Å². The van der Waals surface area contributed by atoms with E-state index in [2.05, 4.69) is 10.9 Å². The van der Waals surface area contributed by atoms with Gasteiger partial charge in [-0.1, -0.05) is 4.85 Å². The van der Waals surface area contributed by atoms with Crippen LogP contribution in [0.1, 0.15) is 27.7 Å². The molecule has 0 aliphatic carbocycles. The van der Waals surface area contributed by atoms with E-state index in [-0.39, 0.29) is 5.54 Å². The monoisotopic (exact) mass is 294 g/mol. The topological polar surface area (TPSA) is 4.36 Å². The molecule has 0 amide bonds. The standard InChI is InChI=1S/C6H12N.4ClH.Fe/c1-5-7-6(2,3)4;;;;;/h1-4H3;4*1H;/q+1;;;;;+3/p-4. The van der Waals surface area contributed by atoms with Gasteiger partial charge in [-0.15, -0.1) is 0 Å². The number of halogens is 4. The molecule has 1 nitrogen and oxygen atoms in total. The molecule has 6 heteroatoms. The first-order valence-electron chi connectivity index (χ1n) is 2.98. The summed E-state index contributed by atoms with van der Waals surface area (Å²) < 4.78 is 0. The van der Waals surface area contributed by atoms with Crippen LogP contribution in [-0.4, -0.2) is 5.54 Å².